The number of amides is 1. The van der Waals surface area contributed by atoms with Crippen LogP contribution in [0.4, 0.5) is 24.8 Å². The van der Waals surface area contributed by atoms with E-state index in [0.29, 0.717) is 50.0 Å². The van der Waals surface area contributed by atoms with Crippen molar-refractivity contribution in [3.8, 4) is 0 Å². The summed E-state index contributed by atoms with van der Waals surface area (Å²) in [7, 11) is 0. The molecular weight excluding hydrogens is 375 g/mol. The number of hydrogen-bond acceptors (Lipinski definition) is 6. The van der Waals surface area contributed by atoms with Crippen LogP contribution in [0.1, 0.15) is 15.9 Å². The number of halogens is 3. The number of aromatic nitrogens is 2. The zero-order chi connectivity index (χ0) is 20.0. The van der Waals surface area contributed by atoms with Crippen molar-refractivity contribution in [3.63, 3.8) is 0 Å². The van der Waals surface area contributed by atoms with Crippen LogP contribution >= 0.6 is 0 Å². The Morgan fingerprint density at radius 2 is 1.93 bits per heavy atom. The molecule has 0 spiro atoms. The van der Waals surface area contributed by atoms with Gasteiger partial charge in [0, 0.05) is 38.6 Å². The second kappa shape index (κ2) is 8.87. The SMILES string of the molecule is O=C(NCCNc1ccc(C(F)(F)F)cn1)c1cccnc1N1CCOCC1. The van der Waals surface area contributed by atoms with Gasteiger partial charge < -0.3 is 20.3 Å². The Morgan fingerprint density at radius 1 is 1.14 bits per heavy atom. The number of anilines is 2. The van der Waals surface area contributed by atoms with Crippen LogP contribution in [0, 0.1) is 0 Å². The van der Waals surface area contributed by atoms with Gasteiger partial charge in [0.2, 0.25) is 0 Å². The summed E-state index contributed by atoms with van der Waals surface area (Å²) in [5.74, 6) is 0.648. The van der Waals surface area contributed by atoms with Gasteiger partial charge in [0.1, 0.15) is 11.6 Å². The molecule has 0 aromatic carbocycles. The van der Waals surface area contributed by atoms with Crippen LogP contribution in [0.3, 0.4) is 0 Å². The number of carbonyl (C=O) groups is 1. The number of ether oxygens (including phenoxy) is 1. The van der Waals surface area contributed by atoms with Gasteiger partial charge in [-0.1, -0.05) is 0 Å². The summed E-state index contributed by atoms with van der Waals surface area (Å²) in [6.07, 6.45) is -2.01. The first-order chi connectivity index (χ1) is 13.4. The average Bonchev–Trinajstić information content (AvgIpc) is 2.71. The van der Waals surface area contributed by atoms with Crippen LogP contribution in [-0.2, 0) is 10.9 Å². The number of hydrogen-bond donors (Lipinski definition) is 2. The summed E-state index contributed by atoms with van der Waals surface area (Å²) in [6.45, 7) is 3.09. The van der Waals surface area contributed by atoms with Crippen molar-refractivity contribution >= 4 is 17.5 Å². The zero-order valence-electron chi connectivity index (χ0n) is 15.0. The maximum atomic E-state index is 12.5. The molecule has 0 atom stereocenters. The molecule has 1 amide bonds. The highest BCUT2D eigenvalue weighted by molar-refractivity contribution is 5.98. The maximum Gasteiger partial charge on any atom is 0.417 e. The third-order valence-corrected chi connectivity index (χ3v) is 4.15. The molecule has 150 valence electrons. The Kier molecular flexibility index (Phi) is 6.30. The fourth-order valence-corrected chi connectivity index (χ4v) is 2.73. The molecule has 0 saturated carbocycles. The van der Waals surface area contributed by atoms with E-state index in [4.69, 9.17) is 4.74 Å². The van der Waals surface area contributed by atoms with Crippen LogP contribution in [0.25, 0.3) is 0 Å². The van der Waals surface area contributed by atoms with E-state index in [1.54, 1.807) is 18.3 Å². The molecule has 3 heterocycles. The van der Waals surface area contributed by atoms with Crippen LogP contribution in [-0.4, -0.2) is 55.3 Å². The molecule has 1 aliphatic rings. The average molecular weight is 395 g/mol. The normalized spacial score (nSPS) is 14.6. The Morgan fingerprint density at radius 3 is 2.61 bits per heavy atom. The van der Waals surface area contributed by atoms with Crippen LogP contribution < -0.4 is 15.5 Å². The van der Waals surface area contributed by atoms with Gasteiger partial charge in [0.05, 0.1) is 24.3 Å². The molecule has 2 aromatic rings. The van der Waals surface area contributed by atoms with E-state index in [2.05, 4.69) is 20.6 Å². The van der Waals surface area contributed by atoms with E-state index in [0.717, 1.165) is 12.3 Å². The standard InChI is InChI=1S/C18H20F3N5O2/c19-18(20,21)13-3-4-15(25-12-13)22-6-7-24-17(27)14-2-1-5-23-16(14)26-8-10-28-11-9-26/h1-5,12H,6-11H2,(H,22,25)(H,24,27). The highest BCUT2D eigenvalue weighted by Crippen LogP contribution is 2.28. The highest BCUT2D eigenvalue weighted by atomic mass is 19.4. The summed E-state index contributed by atoms with van der Waals surface area (Å²) >= 11 is 0. The van der Waals surface area contributed by atoms with Gasteiger partial charge in [0.15, 0.2) is 0 Å². The zero-order valence-corrected chi connectivity index (χ0v) is 15.0. The topological polar surface area (TPSA) is 79.4 Å². The van der Waals surface area contributed by atoms with E-state index in [9.17, 15) is 18.0 Å². The number of pyridine rings is 2. The van der Waals surface area contributed by atoms with E-state index in [1.165, 1.54) is 6.07 Å². The number of carbonyl (C=O) groups excluding carboxylic acids is 1. The number of rotatable bonds is 6. The van der Waals surface area contributed by atoms with Gasteiger partial charge in [-0.2, -0.15) is 13.2 Å². The first-order valence-corrected chi connectivity index (χ1v) is 8.78. The van der Waals surface area contributed by atoms with E-state index >= 15 is 0 Å². The van der Waals surface area contributed by atoms with Gasteiger partial charge in [0.25, 0.3) is 5.91 Å². The molecule has 0 bridgehead atoms. The van der Waals surface area contributed by atoms with Crippen molar-refractivity contribution < 1.29 is 22.7 Å². The van der Waals surface area contributed by atoms with Gasteiger partial charge in [-0.3, -0.25) is 4.79 Å². The minimum atomic E-state index is -4.42. The van der Waals surface area contributed by atoms with Gasteiger partial charge in [-0.05, 0) is 24.3 Å². The molecule has 1 saturated heterocycles. The van der Waals surface area contributed by atoms with Crippen LogP contribution in [0.2, 0.25) is 0 Å². The van der Waals surface area contributed by atoms with E-state index in [-0.39, 0.29) is 12.5 Å². The summed E-state index contributed by atoms with van der Waals surface area (Å²) in [6, 6.07) is 5.61. The summed E-state index contributed by atoms with van der Waals surface area (Å²) in [5.41, 5.74) is -0.337. The van der Waals surface area contributed by atoms with Gasteiger partial charge >= 0.3 is 6.18 Å². The lowest BCUT2D eigenvalue weighted by molar-refractivity contribution is -0.137. The maximum absolute atomic E-state index is 12.5. The molecule has 0 unspecified atom stereocenters. The summed E-state index contributed by atoms with van der Waals surface area (Å²) < 4.78 is 42.9. The number of morpholine rings is 1. The first kappa shape index (κ1) is 19.9. The van der Waals surface area contributed by atoms with Crippen molar-refractivity contribution in [1.29, 1.82) is 0 Å². The fraction of sp³-hybridized carbons (Fsp3) is 0.389. The third-order valence-electron chi connectivity index (χ3n) is 4.15. The molecule has 2 aromatic heterocycles. The molecule has 0 aliphatic carbocycles. The Labute approximate surface area is 159 Å². The molecule has 7 nitrogen and oxygen atoms in total. The monoisotopic (exact) mass is 395 g/mol. The van der Waals surface area contributed by atoms with Crippen molar-refractivity contribution in [2.45, 2.75) is 6.18 Å². The molecule has 0 radical (unpaired) electrons. The molecule has 1 aliphatic heterocycles. The van der Waals surface area contributed by atoms with E-state index < -0.39 is 11.7 Å². The predicted octanol–water partition coefficient (Wildman–Crippen LogP) is 2.17. The second-order valence-corrected chi connectivity index (χ2v) is 6.09. The molecule has 1 fully saturated rings. The highest BCUT2D eigenvalue weighted by Gasteiger charge is 2.30. The summed E-state index contributed by atoms with van der Waals surface area (Å²) in [5, 5.41) is 5.65. The van der Waals surface area contributed by atoms with E-state index in [1.807, 2.05) is 4.90 Å². The Bertz CT molecular complexity index is 793. The van der Waals surface area contributed by atoms with Gasteiger partial charge in [-0.25, -0.2) is 9.97 Å². The van der Waals surface area contributed by atoms with Crippen LogP contribution in [0.5, 0.6) is 0 Å². The van der Waals surface area contributed by atoms with Gasteiger partial charge in [-0.15, -0.1) is 0 Å². The molecule has 10 heteroatoms. The summed E-state index contributed by atoms with van der Waals surface area (Å²) in [4.78, 5) is 22.5. The lowest BCUT2D eigenvalue weighted by atomic mass is 10.2. The fourth-order valence-electron chi connectivity index (χ4n) is 2.73. The largest absolute Gasteiger partial charge is 0.417 e. The van der Waals surface area contributed by atoms with Crippen molar-refractivity contribution in [1.82, 2.24) is 15.3 Å². The second-order valence-electron chi connectivity index (χ2n) is 6.09. The first-order valence-electron chi connectivity index (χ1n) is 8.78. The number of nitrogens with one attached hydrogen (secondary N) is 2. The number of nitrogens with zero attached hydrogens (tertiary/aromatic N) is 3. The Hall–Kier alpha value is -2.88. The Balaban J connectivity index is 1.51. The van der Waals surface area contributed by atoms with Crippen molar-refractivity contribution in [2.24, 2.45) is 0 Å². The minimum absolute atomic E-state index is 0.267. The third kappa shape index (κ3) is 5.10. The molecular formula is C18H20F3N5O2. The molecule has 2 N–H and O–H groups in total. The lowest BCUT2D eigenvalue weighted by Crippen LogP contribution is -2.39. The molecule has 3 rings (SSSR count). The smallest absolute Gasteiger partial charge is 0.378 e. The quantitative estimate of drug-likeness (QED) is 0.730. The predicted molar refractivity (Wildman–Crippen MR) is 97.3 cm³/mol. The lowest BCUT2D eigenvalue weighted by Gasteiger charge is -2.29. The van der Waals surface area contributed by atoms with Crippen molar-refractivity contribution in [3.05, 3.63) is 47.8 Å². The minimum Gasteiger partial charge on any atom is -0.378 e. The molecule has 28 heavy (non-hydrogen) atoms. The van der Waals surface area contributed by atoms with Crippen LogP contribution in [0.15, 0.2) is 36.7 Å². The van der Waals surface area contributed by atoms with Crippen molar-refractivity contribution in [2.75, 3.05) is 49.6 Å². The number of alkyl halides is 3.